The van der Waals surface area contributed by atoms with E-state index in [9.17, 15) is 14.7 Å². The summed E-state index contributed by atoms with van der Waals surface area (Å²) in [6, 6.07) is 0. The lowest BCUT2D eigenvalue weighted by molar-refractivity contribution is -0.137. The van der Waals surface area contributed by atoms with E-state index in [4.69, 9.17) is 9.84 Å². The Kier molecular flexibility index (Phi) is 7.33. The number of carbonyl (C=O) groups is 2. The minimum absolute atomic E-state index is 0.0835. The molecule has 0 aliphatic carbocycles. The maximum atomic E-state index is 11.9. The van der Waals surface area contributed by atoms with Crippen LogP contribution in [0.1, 0.15) is 16.8 Å². The van der Waals surface area contributed by atoms with E-state index in [0.717, 1.165) is 7.14 Å². The topological polar surface area (TPSA) is 83.8 Å². The second kappa shape index (κ2) is 7.77. The molecule has 0 amide bonds. The molecule has 104 valence electrons. The van der Waals surface area contributed by atoms with Crippen molar-refractivity contribution in [1.29, 1.82) is 0 Å². The maximum absolute atomic E-state index is 11.9. The molecule has 0 aliphatic rings. The van der Waals surface area contributed by atoms with Crippen LogP contribution in [0.3, 0.4) is 0 Å². The Morgan fingerprint density at radius 1 is 1.00 bits per heavy atom. The van der Waals surface area contributed by atoms with Crippen molar-refractivity contribution in [2.45, 2.75) is 6.42 Å². The van der Waals surface area contributed by atoms with Gasteiger partial charge in [-0.05, 0) is 90.4 Å². The lowest BCUT2D eigenvalue weighted by Crippen LogP contribution is -2.13. The van der Waals surface area contributed by atoms with E-state index in [-0.39, 0.29) is 24.3 Å². The summed E-state index contributed by atoms with van der Waals surface area (Å²) in [5.74, 6) is -1.89. The van der Waals surface area contributed by atoms with Gasteiger partial charge < -0.3 is 14.9 Å². The van der Waals surface area contributed by atoms with E-state index in [1.54, 1.807) is 0 Å². The van der Waals surface area contributed by atoms with Crippen LogP contribution in [0, 0.1) is 14.3 Å². The van der Waals surface area contributed by atoms with Gasteiger partial charge in [0.05, 0.1) is 9.99 Å². The minimum Gasteiger partial charge on any atom is -0.506 e. The molecule has 0 heterocycles. The van der Waals surface area contributed by atoms with E-state index >= 15 is 0 Å². The van der Waals surface area contributed by atoms with Gasteiger partial charge in [-0.25, -0.2) is 4.79 Å². The molecule has 0 radical (unpaired) electrons. The predicted molar refractivity (Wildman–Crippen MR) is 102 cm³/mol. The van der Waals surface area contributed by atoms with E-state index < -0.39 is 11.9 Å². The first-order valence-corrected chi connectivity index (χ1v) is 9.02. The van der Waals surface area contributed by atoms with Crippen molar-refractivity contribution >= 4 is 102 Å². The molecule has 0 bridgehead atoms. The van der Waals surface area contributed by atoms with E-state index in [0.29, 0.717) is 7.14 Å². The highest BCUT2D eigenvalue weighted by atomic mass is 127. The third-order valence-electron chi connectivity index (χ3n) is 2.00. The van der Waals surface area contributed by atoms with Crippen LogP contribution in [-0.4, -0.2) is 28.8 Å². The summed E-state index contributed by atoms with van der Waals surface area (Å²) in [7, 11) is 0. The van der Waals surface area contributed by atoms with Crippen molar-refractivity contribution in [3.05, 3.63) is 19.8 Å². The molecule has 0 saturated heterocycles. The number of aromatic hydroxyl groups is 1. The highest BCUT2D eigenvalue weighted by Crippen LogP contribution is 2.37. The predicted octanol–water partition coefficient (Wildman–Crippen LogP) is 3.44. The number of hydrogen-bond donors (Lipinski definition) is 2. The van der Waals surface area contributed by atoms with Crippen molar-refractivity contribution < 1.29 is 24.5 Å². The van der Waals surface area contributed by atoms with Gasteiger partial charge in [-0.15, -0.1) is 0 Å². The number of halogens is 4. The van der Waals surface area contributed by atoms with Gasteiger partial charge in [-0.1, -0.05) is 0 Å². The largest absolute Gasteiger partial charge is 0.506 e. The van der Waals surface area contributed by atoms with Gasteiger partial charge in [0.15, 0.2) is 0 Å². The molecule has 1 rings (SSSR count). The van der Waals surface area contributed by atoms with E-state index in [1.807, 2.05) is 45.2 Å². The lowest BCUT2D eigenvalue weighted by Gasteiger charge is -2.12. The van der Waals surface area contributed by atoms with Crippen molar-refractivity contribution in [2.24, 2.45) is 0 Å². The molecule has 0 aromatic heterocycles. The number of ether oxygens (including phenoxy) is 1. The maximum Gasteiger partial charge on any atom is 0.343 e. The number of phenols is 1. The number of aliphatic carboxylic acids is 1. The number of rotatable bonds is 4. The number of carboxylic acid groups (broad SMARTS) is 1. The molecule has 0 saturated carbocycles. The van der Waals surface area contributed by atoms with Crippen LogP contribution in [0.5, 0.6) is 5.75 Å². The summed E-state index contributed by atoms with van der Waals surface area (Å²) in [4.78, 5) is 22.3. The summed E-state index contributed by atoms with van der Waals surface area (Å²) < 4.78 is 7.75. The Morgan fingerprint density at radius 2 is 1.53 bits per heavy atom. The van der Waals surface area contributed by atoms with Gasteiger partial charge in [0.2, 0.25) is 0 Å². The molecule has 19 heavy (non-hydrogen) atoms. The molecule has 9 heteroatoms. The summed E-state index contributed by atoms with van der Waals surface area (Å²) in [6.07, 6.45) is -0.262. The molecule has 1 aromatic carbocycles. The zero-order chi connectivity index (χ0) is 14.7. The highest BCUT2D eigenvalue weighted by molar-refractivity contribution is 14.1. The minimum atomic E-state index is -1.04. The standard InChI is InChI=1S/C10H6I4O5/c11-5-4(10(18)19-2-1-3(15)16)9(17)8(14)7(13)6(5)12/h17H,1-2H2,(H,15,16). The van der Waals surface area contributed by atoms with Crippen LogP contribution >= 0.6 is 90.4 Å². The molecule has 0 fully saturated rings. The Labute approximate surface area is 163 Å². The molecule has 0 unspecified atom stereocenters. The van der Waals surface area contributed by atoms with Gasteiger partial charge in [0.1, 0.15) is 17.9 Å². The number of hydrogen-bond acceptors (Lipinski definition) is 4. The monoisotopic (exact) mass is 714 g/mol. The molecular weight excluding hydrogens is 708 g/mol. The van der Waals surface area contributed by atoms with Crippen LogP contribution in [-0.2, 0) is 9.53 Å². The molecule has 5 nitrogen and oxygen atoms in total. The smallest absolute Gasteiger partial charge is 0.343 e. The van der Waals surface area contributed by atoms with Gasteiger partial charge in [0.25, 0.3) is 0 Å². The van der Waals surface area contributed by atoms with Gasteiger partial charge in [0, 0.05) is 10.7 Å². The Morgan fingerprint density at radius 3 is 2.05 bits per heavy atom. The first kappa shape index (κ1) is 17.9. The van der Waals surface area contributed by atoms with Crippen LogP contribution < -0.4 is 0 Å². The molecule has 0 atom stereocenters. The second-order valence-corrected chi connectivity index (χ2v) is 7.57. The van der Waals surface area contributed by atoms with Crippen LogP contribution in [0.15, 0.2) is 0 Å². The number of phenolic OH excluding ortho intramolecular Hbond substituents is 1. The average Bonchev–Trinajstić information content (AvgIpc) is 2.34. The zero-order valence-electron chi connectivity index (χ0n) is 9.05. The highest BCUT2D eigenvalue weighted by Gasteiger charge is 2.24. The molecule has 0 aliphatic heterocycles. The van der Waals surface area contributed by atoms with Crippen molar-refractivity contribution in [2.75, 3.05) is 6.61 Å². The fourth-order valence-electron chi connectivity index (χ4n) is 1.11. The summed E-state index contributed by atoms with van der Waals surface area (Å²) in [5, 5.41) is 18.5. The second-order valence-electron chi connectivity index (χ2n) is 3.26. The van der Waals surface area contributed by atoms with Crippen LogP contribution in [0.2, 0.25) is 0 Å². The third-order valence-corrected chi connectivity index (χ3v) is 9.38. The van der Waals surface area contributed by atoms with Crippen molar-refractivity contribution in [3.8, 4) is 5.75 Å². The van der Waals surface area contributed by atoms with Gasteiger partial charge in [-0.2, -0.15) is 0 Å². The first-order chi connectivity index (χ1) is 8.77. The zero-order valence-corrected chi connectivity index (χ0v) is 17.7. The Bertz CT molecular complexity index is 514. The quantitative estimate of drug-likeness (QED) is 0.217. The lowest BCUT2D eigenvalue weighted by atomic mass is 10.2. The molecular formula is C10H6I4O5. The Hall–Kier alpha value is 0.880. The number of carbonyl (C=O) groups excluding carboxylic acids is 1. The van der Waals surface area contributed by atoms with Crippen LogP contribution in [0.25, 0.3) is 0 Å². The fraction of sp³-hybridized carbons (Fsp3) is 0.200. The van der Waals surface area contributed by atoms with Crippen LogP contribution in [0.4, 0.5) is 0 Å². The molecule has 0 spiro atoms. The summed E-state index contributed by atoms with van der Waals surface area (Å²) >= 11 is 8.09. The molecule has 1 aromatic rings. The van der Waals surface area contributed by atoms with E-state index in [2.05, 4.69) is 45.2 Å². The fourth-order valence-corrected chi connectivity index (χ4v) is 4.49. The third kappa shape index (κ3) is 4.42. The number of carboxylic acids is 1. The van der Waals surface area contributed by atoms with Crippen molar-refractivity contribution in [1.82, 2.24) is 0 Å². The average molecular weight is 714 g/mol. The first-order valence-electron chi connectivity index (χ1n) is 4.71. The normalized spacial score (nSPS) is 10.3. The molecule has 2 N–H and O–H groups in total. The van der Waals surface area contributed by atoms with Gasteiger partial charge >= 0.3 is 11.9 Å². The summed E-state index contributed by atoms with van der Waals surface area (Å²) in [5.41, 5.74) is 0.0835. The van der Waals surface area contributed by atoms with Gasteiger partial charge in [-0.3, -0.25) is 4.79 Å². The summed E-state index contributed by atoms with van der Waals surface area (Å²) in [6.45, 7) is -0.219. The Balaban J connectivity index is 3.07. The number of esters is 1. The van der Waals surface area contributed by atoms with Crippen molar-refractivity contribution in [3.63, 3.8) is 0 Å². The number of benzene rings is 1. The van der Waals surface area contributed by atoms with E-state index in [1.165, 1.54) is 0 Å². The SMILES string of the molecule is O=C(O)CCOC(=O)c1c(O)c(I)c(I)c(I)c1I.